The van der Waals surface area contributed by atoms with Gasteiger partial charge in [0.15, 0.2) is 5.82 Å². The molecule has 0 aliphatic rings. The summed E-state index contributed by atoms with van der Waals surface area (Å²) in [5, 5.41) is 0. The Morgan fingerprint density at radius 1 is 1.19 bits per heavy atom. The number of nitrogens with two attached hydrogens (primary N) is 1. The first kappa shape index (κ1) is 10.5. The predicted octanol–water partition coefficient (Wildman–Crippen LogP) is 2.07. The summed E-state index contributed by atoms with van der Waals surface area (Å²) in [6.07, 6.45) is 5.42. The van der Waals surface area contributed by atoms with E-state index in [2.05, 4.69) is 21.9 Å². The van der Waals surface area contributed by atoms with E-state index in [4.69, 9.17) is 5.73 Å². The molecule has 0 atom stereocenters. The molecule has 2 aromatic rings. The number of anilines is 1. The van der Waals surface area contributed by atoms with Crippen LogP contribution >= 0.6 is 0 Å². The number of nitrogens with zero attached hydrogens (tertiary/aromatic N) is 3. The average molecular weight is 214 g/mol. The maximum atomic E-state index is 5.76. The Morgan fingerprint density at radius 3 is 2.62 bits per heavy atom. The van der Waals surface area contributed by atoms with Gasteiger partial charge in [0.1, 0.15) is 5.82 Å². The molecule has 4 nitrogen and oxygen atoms in total. The van der Waals surface area contributed by atoms with E-state index in [1.165, 1.54) is 0 Å². The number of aryl methyl sites for hydroxylation is 1. The van der Waals surface area contributed by atoms with Crippen molar-refractivity contribution in [1.29, 1.82) is 0 Å². The minimum atomic E-state index is 0.519. The van der Waals surface area contributed by atoms with Gasteiger partial charge in [-0.15, -0.1) is 0 Å². The highest BCUT2D eigenvalue weighted by atomic mass is 14.9. The van der Waals surface area contributed by atoms with Crippen LogP contribution in [-0.4, -0.2) is 15.0 Å². The molecule has 0 amide bonds. The molecule has 4 heteroatoms. The number of pyridine rings is 1. The van der Waals surface area contributed by atoms with Gasteiger partial charge < -0.3 is 5.73 Å². The average Bonchev–Trinajstić information content (AvgIpc) is 2.30. The van der Waals surface area contributed by atoms with E-state index in [9.17, 15) is 0 Å². The molecule has 0 aromatic carbocycles. The molecule has 0 aliphatic carbocycles. The third-order valence-electron chi connectivity index (χ3n) is 2.24. The Hall–Kier alpha value is -1.97. The van der Waals surface area contributed by atoms with Crippen molar-refractivity contribution in [3.05, 3.63) is 36.3 Å². The van der Waals surface area contributed by atoms with Crippen LogP contribution < -0.4 is 5.73 Å². The molecule has 0 bridgehead atoms. The maximum absolute atomic E-state index is 5.76. The molecule has 2 N–H and O–H groups in total. The predicted molar refractivity (Wildman–Crippen MR) is 63.7 cm³/mol. The van der Waals surface area contributed by atoms with E-state index in [-0.39, 0.29) is 0 Å². The fourth-order valence-electron chi connectivity index (χ4n) is 1.53. The van der Waals surface area contributed by atoms with Crippen LogP contribution in [0.5, 0.6) is 0 Å². The number of aromatic nitrogens is 3. The van der Waals surface area contributed by atoms with Crippen molar-refractivity contribution in [2.45, 2.75) is 19.8 Å². The molecule has 0 spiro atoms. The third-order valence-corrected chi connectivity index (χ3v) is 2.24. The van der Waals surface area contributed by atoms with Crippen LogP contribution in [0.1, 0.15) is 19.0 Å². The van der Waals surface area contributed by atoms with Crippen molar-refractivity contribution < 1.29 is 0 Å². The second-order valence-corrected chi connectivity index (χ2v) is 3.59. The first-order valence-electron chi connectivity index (χ1n) is 5.33. The molecule has 16 heavy (non-hydrogen) atoms. The van der Waals surface area contributed by atoms with Gasteiger partial charge >= 0.3 is 0 Å². The Morgan fingerprint density at radius 2 is 1.94 bits per heavy atom. The van der Waals surface area contributed by atoms with E-state index in [1.807, 2.05) is 18.2 Å². The van der Waals surface area contributed by atoms with Crippen molar-refractivity contribution >= 4 is 5.82 Å². The largest absolute Gasteiger partial charge is 0.384 e. The topological polar surface area (TPSA) is 64.7 Å². The molecule has 2 rings (SSSR count). The van der Waals surface area contributed by atoms with Crippen LogP contribution in [0.2, 0.25) is 0 Å². The lowest BCUT2D eigenvalue weighted by atomic mass is 10.2. The molecule has 0 saturated carbocycles. The van der Waals surface area contributed by atoms with Crippen LogP contribution in [-0.2, 0) is 6.42 Å². The van der Waals surface area contributed by atoms with E-state index in [0.717, 1.165) is 24.1 Å². The summed E-state index contributed by atoms with van der Waals surface area (Å²) in [5.41, 5.74) is 7.69. The molecule has 82 valence electrons. The highest BCUT2D eigenvalue weighted by Crippen LogP contribution is 2.16. The van der Waals surface area contributed by atoms with Gasteiger partial charge in [-0.25, -0.2) is 9.97 Å². The Balaban J connectivity index is 2.41. The second-order valence-electron chi connectivity index (χ2n) is 3.59. The molecule has 0 aliphatic heterocycles. The van der Waals surface area contributed by atoms with Gasteiger partial charge in [0, 0.05) is 29.7 Å². The van der Waals surface area contributed by atoms with E-state index < -0.39 is 0 Å². The monoisotopic (exact) mass is 214 g/mol. The molecule has 2 aromatic heterocycles. The van der Waals surface area contributed by atoms with Gasteiger partial charge in [-0.05, 0) is 18.6 Å². The zero-order chi connectivity index (χ0) is 11.4. The molecule has 0 unspecified atom stereocenters. The number of nitrogen functional groups attached to an aromatic ring is 1. The van der Waals surface area contributed by atoms with Crippen LogP contribution in [0.4, 0.5) is 5.82 Å². The van der Waals surface area contributed by atoms with Crippen LogP contribution in [0.25, 0.3) is 11.4 Å². The molecule has 0 fully saturated rings. The lowest BCUT2D eigenvalue weighted by molar-refractivity contribution is 0.877. The fraction of sp³-hybridized carbons (Fsp3) is 0.250. The maximum Gasteiger partial charge on any atom is 0.161 e. The van der Waals surface area contributed by atoms with Crippen molar-refractivity contribution in [2.24, 2.45) is 0 Å². The zero-order valence-corrected chi connectivity index (χ0v) is 9.22. The van der Waals surface area contributed by atoms with Crippen molar-refractivity contribution in [2.75, 3.05) is 5.73 Å². The number of rotatable bonds is 3. The van der Waals surface area contributed by atoms with Gasteiger partial charge in [-0.2, -0.15) is 0 Å². The van der Waals surface area contributed by atoms with Gasteiger partial charge in [0.2, 0.25) is 0 Å². The van der Waals surface area contributed by atoms with Gasteiger partial charge in [-0.1, -0.05) is 13.3 Å². The Bertz CT molecular complexity index is 468. The highest BCUT2D eigenvalue weighted by molar-refractivity contribution is 5.55. The van der Waals surface area contributed by atoms with E-state index in [1.54, 1.807) is 12.4 Å². The first-order chi connectivity index (χ1) is 7.79. The lowest BCUT2D eigenvalue weighted by Gasteiger charge is -2.04. The summed E-state index contributed by atoms with van der Waals surface area (Å²) in [5.74, 6) is 1.19. The molecule has 2 heterocycles. The summed E-state index contributed by atoms with van der Waals surface area (Å²) < 4.78 is 0. The van der Waals surface area contributed by atoms with Gasteiger partial charge in [-0.3, -0.25) is 4.98 Å². The van der Waals surface area contributed by atoms with Crippen molar-refractivity contribution in [1.82, 2.24) is 15.0 Å². The number of hydrogen-bond acceptors (Lipinski definition) is 4. The standard InChI is InChI=1S/C12H14N4/c1-2-3-10-8-11(13)16-12(15-10)9-4-6-14-7-5-9/h4-8H,2-3H2,1H3,(H2,13,15,16). The summed E-state index contributed by atoms with van der Waals surface area (Å²) in [7, 11) is 0. The van der Waals surface area contributed by atoms with E-state index >= 15 is 0 Å². The minimum Gasteiger partial charge on any atom is -0.384 e. The Labute approximate surface area is 94.6 Å². The third kappa shape index (κ3) is 2.34. The smallest absolute Gasteiger partial charge is 0.161 e. The summed E-state index contributed by atoms with van der Waals surface area (Å²) in [4.78, 5) is 12.7. The van der Waals surface area contributed by atoms with Crippen molar-refractivity contribution in [3.8, 4) is 11.4 Å². The highest BCUT2D eigenvalue weighted by Gasteiger charge is 2.04. The van der Waals surface area contributed by atoms with E-state index in [0.29, 0.717) is 11.6 Å². The second kappa shape index (κ2) is 4.70. The molecule has 0 radical (unpaired) electrons. The molecular formula is C12H14N4. The molecule has 0 saturated heterocycles. The fourth-order valence-corrected chi connectivity index (χ4v) is 1.53. The van der Waals surface area contributed by atoms with Crippen LogP contribution in [0, 0.1) is 0 Å². The Kier molecular flexibility index (Phi) is 3.10. The number of hydrogen-bond donors (Lipinski definition) is 1. The quantitative estimate of drug-likeness (QED) is 0.849. The SMILES string of the molecule is CCCc1cc(N)nc(-c2ccncc2)n1. The molecular weight excluding hydrogens is 200 g/mol. The summed E-state index contributed by atoms with van der Waals surface area (Å²) >= 11 is 0. The summed E-state index contributed by atoms with van der Waals surface area (Å²) in [6, 6.07) is 5.59. The minimum absolute atomic E-state index is 0.519. The van der Waals surface area contributed by atoms with Gasteiger partial charge in [0.05, 0.1) is 0 Å². The van der Waals surface area contributed by atoms with Crippen LogP contribution in [0.15, 0.2) is 30.6 Å². The summed E-state index contributed by atoms with van der Waals surface area (Å²) in [6.45, 7) is 2.12. The lowest BCUT2D eigenvalue weighted by Crippen LogP contribution is -2.00. The van der Waals surface area contributed by atoms with Crippen LogP contribution in [0.3, 0.4) is 0 Å². The van der Waals surface area contributed by atoms with Gasteiger partial charge in [0.25, 0.3) is 0 Å². The first-order valence-corrected chi connectivity index (χ1v) is 5.33. The zero-order valence-electron chi connectivity index (χ0n) is 9.22. The van der Waals surface area contributed by atoms with Crippen molar-refractivity contribution in [3.63, 3.8) is 0 Å². The normalized spacial score (nSPS) is 10.3.